The van der Waals surface area contributed by atoms with Crippen molar-refractivity contribution in [1.29, 1.82) is 0 Å². The smallest absolute Gasteiger partial charge is 0.253 e. The molecule has 1 heterocycles. The molecule has 1 fully saturated rings. The second-order valence-corrected chi connectivity index (χ2v) is 6.85. The van der Waals surface area contributed by atoms with Gasteiger partial charge in [0.2, 0.25) is 0 Å². The maximum Gasteiger partial charge on any atom is 0.253 e. The number of carbonyl (C=O) groups is 1. The van der Waals surface area contributed by atoms with E-state index in [0.29, 0.717) is 23.4 Å². The minimum atomic E-state index is -0.796. The Balaban J connectivity index is 1.63. The highest BCUT2D eigenvalue weighted by Crippen LogP contribution is 2.37. The first kappa shape index (κ1) is 16.9. The first-order chi connectivity index (χ1) is 11.5. The predicted molar refractivity (Wildman–Crippen MR) is 94.0 cm³/mol. The van der Waals surface area contributed by atoms with Gasteiger partial charge in [0, 0.05) is 18.4 Å². The summed E-state index contributed by atoms with van der Waals surface area (Å²) in [6, 6.07) is 9.80. The first-order valence-corrected chi connectivity index (χ1v) is 8.56. The fourth-order valence-electron chi connectivity index (χ4n) is 3.27. The first-order valence-electron chi connectivity index (χ1n) is 8.18. The van der Waals surface area contributed by atoms with Gasteiger partial charge in [-0.05, 0) is 43.7 Å². The minimum absolute atomic E-state index is 0.0554. The van der Waals surface area contributed by atoms with Crippen LogP contribution in [0, 0.1) is 6.92 Å². The maximum atomic E-state index is 12.4. The molecule has 0 saturated heterocycles. The summed E-state index contributed by atoms with van der Waals surface area (Å²) in [5, 5.41) is 14.4. The lowest BCUT2D eigenvalue weighted by atomic mass is 9.77. The fourth-order valence-corrected chi connectivity index (χ4v) is 3.43. The number of hydrogen-bond donors (Lipinski definition) is 2. The molecule has 3 rings (SSSR count). The number of benzene rings is 1. The van der Waals surface area contributed by atoms with E-state index in [2.05, 4.69) is 10.3 Å². The Morgan fingerprint density at radius 3 is 2.58 bits per heavy atom. The van der Waals surface area contributed by atoms with Crippen LogP contribution >= 0.6 is 11.6 Å². The van der Waals surface area contributed by atoms with Crippen LogP contribution < -0.4 is 5.32 Å². The number of nitrogens with zero attached hydrogens (tertiary/aromatic N) is 1. The highest BCUT2D eigenvalue weighted by atomic mass is 35.5. The summed E-state index contributed by atoms with van der Waals surface area (Å²) >= 11 is 6.03. The lowest BCUT2D eigenvalue weighted by Crippen LogP contribution is -2.42. The molecule has 1 aliphatic carbocycles. The summed E-state index contributed by atoms with van der Waals surface area (Å²) in [6.07, 6.45) is 5.83. The van der Waals surface area contributed by atoms with Crippen molar-refractivity contribution in [3.05, 3.63) is 64.4 Å². The third-order valence-electron chi connectivity index (χ3n) is 4.86. The highest BCUT2D eigenvalue weighted by molar-refractivity contribution is 6.31. The Hall–Kier alpha value is -1.91. The Kier molecular flexibility index (Phi) is 4.88. The standard InChI is InChI=1S/C19H21ClN2O2/c1-13-16(11-21-12-17(13)20)18(23)22-15-7-9-19(24,10-8-15)14-5-3-2-4-6-14/h2-6,11-12,15,24H,7-10H2,1H3,(H,22,23). The van der Waals surface area contributed by atoms with Gasteiger partial charge in [-0.25, -0.2) is 0 Å². The van der Waals surface area contributed by atoms with E-state index in [0.717, 1.165) is 24.0 Å². The van der Waals surface area contributed by atoms with Crippen molar-refractivity contribution in [2.24, 2.45) is 0 Å². The van der Waals surface area contributed by atoms with E-state index in [9.17, 15) is 9.90 Å². The molecule has 2 N–H and O–H groups in total. The third-order valence-corrected chi connectivity index (χ3v) is 5.24. The molecule has 24 heavy (non-hydrogen) atoms. The van der Waals surface area contributed by atoms with Crippen LogP contribution in [-0.2, 0) is 5.60 Å². The fraction of sp³-hybridized carbons (Fsp3) is 0.368. The number of aliphatic hydroxyl groups is 1. The Morgan fingerprint density at radius 1 is 1.25 bits per heavy atom. The molecule has 1 aromatic heterocycles. The molecule has 4 nitrogen and oxygen atoms in total. The topological polar surface area (TPSA) is 62.2 Å². The molecule has 1 aliphatic rings. The van der Waals surface area contributed by atoms with Gasteiger partial charge in [0.25, 0.3) is 5.91 Å². The van der Waals surface area contributed by atoms with Gasteiger partial charge in [-0.15, -0.1) is 0 Å². The average Bonchev–Trinajstić information content (AvgIpc) is 2.60. The number of amides is 1. The number of nitrogens with one attached hydrogen (secondary N) is 1. The predicted octanol–water partition coefficient (Wildman–Crippen LogP) is 3.60. The molecule has 1 aromatic carbocycles. The molecule has 2 aromatic rings. The molecular weight excluding hydrogens is 324 g/mol. The molecule has 0 atom stereocenters. The number of pyridine rings is 1. The average molecular weight is 345 g/mol. The summed E-state index contributed by atoms with van der Waals surface area (Å²) in [6.45, 7) is 1.81. The molecule has 0 radical (unpaired) electrons. The maximum absolute atomic E-state index is 12.4. The van der Waals surface area contributed by atoms with Crippen molar-refractivity contribution >= 4 is 17.5 Å². The van der Waals surface area contributed by atoms with Crippen LogP contribution in [0.1, 0.15) is 47.2 Å². The largest absolute Gasteiger partial charge is 0.385 e. The van der Waals surface area contributed by atoms with Crippen molar-refractivity contribution in [3.63, 3.8) is 0 Å². The lowest BCUT2D eigenvalue weighted by Gasteiger charge is -2.36. The second-order valence-electron chi connectivity index (χ2n) is 6.44. The van der Waals surface area contributed by atoms with Gasteiger partial charge in [0.05, 0.1) is 16.2 Å². The SMILES string of the molecule is Cc1c(Cl)cncc1C(=O)NC1CCC(O)(c2ccccc2)CC1. The molecular formula is C19H21ClN2O2. The Morgan fingerprint density at radius 2 is 1.92 bits per heavy atom. The highest BCUT2D eigenvalue weighted by Gasteiger charge is 2.35. The van der Waals surface area contributed by atoms with Gasteiger partial charge < -0.3 is 10.4 Å². The van der Waals surface area contributed by atoms with Crippen LogP contribution in [0.3, 0.4) is 0 Å². The van der Waals surface area contributed by atoms with E-state index in [1.807, 2.05) is 37.3 Å². The zero-order valence-electron chi connectivity index (χ0n) is 13.6. The summed E-state index contributed by atoms with van der Waals surface area (Å²) < 4.78 is 0. The molecule has 0 bridgehead atoms. The Labute approximate surface area is 146 Å². The van der Waals surface area contributed by atoms with E-state index >= 15 is 0 Å². The van der Waals surface area contributed by atoms with Crippen LogP contribution in [0.15, 0.2) is 42.7 Å². The van der Waals surface area contributed by atoms with Gasteiger partial charge >= 0.3 is 0 Å². The van der Waals surface area contributed by atoms with E-state index in [1.165, 1.54) is 6.20 Å². The number of rotatable bonds is 3. The lowest BCUT2D eigenvalue weighted by molar-refractivity contribution is -0.00803. The minimum Gasteiger partial charge on any atom is -0.385 e. The number of aromatic nitrogens is 1. The van der Waals surface area contributed by atoms with E-state index in [1.54, 1.807) is 6.20 Å². The van der Waals surface area contributed by atoms with E-state index in [-0.39, 0.29) is 11.9 Å². The van der Waals surface area contributed by atoms with Crippen molar-refractivity contribution < 1.29 is 9.90 Å². The van der Waals surface area contributed by atoms with Gasteiger partial charge in [-0.3, -0.25) is 9.78 Å². The van der Waals surface area contributed by atoms with Crippen LogP contribution in [0.2, 0.25) is 5.02 Å². The van der Waals surface area contributed by atoms with Crippen LogP contribution in [0.4, 0.5) is 0 Å². The van der Waals surface area contributed by atoms with Crippen LogP contribution in [0.5, 0.6) is 0 Å². The summed E-state index contributed by atoms with van der Waals surface area (Å²) in [5.74, 6) is -0.155. The molecule has 126 valence electrons. The van der Waals surface area contributed by atoms with Crippen LogP contribution in [0.25, 0.3) is 0 Å². The number of hydrogen-bond acceptors (Lipinski definition) is 3. The summed E-state index contributed by atoms with van der Waals surface area (Å²) in [5.41, 5.74) is 1.40. The van der Waals surface area contributed by atoms with Gasteiger partial charge in [0.15, 0.2) is 0 Å². The quantitative estimate of drug-likeness (QED) is 0.894. The van der Waals surface area contributed by atoms with E-state index < -0.39 is 5.60 Å². The molecule has 1 amide bonds. The molecule has 1 saturated carbocycles. The number of carbonyl (C=O) groups excluding carboxylic acids is 1. The van der Waals surface area contributed by atoms with Gasteiger partial charge in [-0.1, -0.05) is 41.9 Å². The number of halogens is 1. The zero-order chi connectivity index (χ0) is 17.2. The second kappa shape index (κ2) is 6.91. The van der Waals surface area contributed by atoms with Crippen LogP contribution in [-0.4, -0.2) is 22.0 Å². The molecule has 0 aliphatic heterocycles. The van der Waals surface area contributed by atoms with Gasteiger partial charge in [-0.2, -0.15) is 0 Å². The Bertz CT molecular complexity index is 725. The van der Waals surface area contributed by atoms with E-state index in [4.69, 9.17) is 11.6 Å². The molecule has 5 heteroatoms. The van der Waals surface area contributed by atoms with Gasteiger partial charge in [0.1, 0.15) is 0 Å². The van der Waals surface area contributed by atoms with Crippen molar-refractivity contribution in [3.8, 4) is 0 Å². The third kappa shape index (κ3) is 3.45. The van der Waals surface area contributed by atoms with Crippen molar-refractivity contribution in [2.75, 3.05) is 0 Å². The van der Waals surface area contributed by atoms with Crippen molar-refractivity contribution in [2.45, 2.75) is 44.2 Å². The normalized spacial score (nSPS) is 23.7. The summed E-state index contributed by atoms with van der Waals surface area (Å²) in [7, 11) is 0. The summed E-state index contributed by atoms with van der Waals surface area (Å²) in [4.78, 5) is 16.4. The molecule has 0 spiro atoms. The molecule has 0 unspecified atom stereocenters. The zero-order valence-corrected chi connectivity index (χ0v) is 14.4. The van der Waals surface area contributed by atoms with Crippen molar-refractivity contribution in [1.82, 2.24) is 10.3 Å². The monoisotopic (exact) mass is 344 g/mol.